The molecular formula is C10H10N6. The van der Waals surface area contributed by atoms with E-state index in [2.05, 4.69) is 15.2 Å². The van der Waals surface area contributed by atoms with Crippen LogP contribution in [-0.2, 0) is 0 Å². The van der Waals surface area contributed by atoms with E-state index in [0.29, 0.717) is 11.5 Å². The number of hydrogen-bond donors (Lipinski definition) is 3. The van der Waals surface area contributed by atoms with Gasteiger partial charge in [-0.05, 0) is 12.1 Å². The number of aromatic nitrogens is 4. The van der Waals surface area contributed by atoms with Crippen molar-refractivity contribution in [2.75, 3.05) is 11.5 Å². The summed E-state index contributed by atoms with van der Waals surface area (Å²) in [6, 6.07) is 3.69. The average Bonchev–Trinajstić information content (AvgIpc) is 2.83. The van der Waals surface area contributed by atoms with Crippen LogP contribution in [-0.4, -0.2) is 19.6 Å². The molecule has 0 bridgehead atoms. The van der Waals surface area contributed by atoms with Gasteiger partial charge in [0.25, 0.3) is 0 Å². The Balaban J connectivity index is 2.38. The second-order valence-electron chi connectivity index (χ2n) is 3.54. The zero-order chi connectivity index (χ0) is 11.1. The molecule has 80 valence electrons. The van der Waals surface area contributed by atoms with Gasteiger partial charge in [-0.25, -0.2) is 4.98 Å². The fraction of sp³-hybridized carbons (Fsp3) is 0. The number of pyridine rings is 1. The van der Waals surface area contributed by atoms with Crippen molar-refractivity contribution in [3.63, 3.8) is 0 Å². The molecule has 0 aromatic carbocycles. The van der Waals surface area contributed by atoms with Crippen molar-refractivity contribution in [3.05, 3.63) is 30.7 Å². The normalized spacial score (nSPS) is 11.0. The molecule has 6 nitrogen and oxygen atoms in total. The van der Waals surface area contributed by atoms with E-state index >= 15 is 0 Å². The Hall–Kier alpha value is -2.50. The van der Waals surface area contributed by atoms with Gasteiger partial charge in [0, 0.05) is 23.6 Å². The molecule has 5 N–H and O–H groups in total. The molecule has 0 aliphatic heterocycles. The maximum absolute atomic E-state index is 5.81. The molecule has 3 aromatic heterocycles. The van der Waals surface area contributed by atoms with Crippen LogP contribution in [0.4, 0.5) is 11.5 Å². The molecule has 0 aliphatic carbocycles. The second-order valence-corrected chi connectivity index (χ2v) is 3.54. The van der Waals surface area contributed by atoms with Crippen LogP contribution in [0.5, 0.6) is 0 Å². The first-order valence-electron chi connectivity index (χ1n) is 4.78. The predicted molar refractivity (Wildman–Crippen MR) is 61.6 cm³/mol. The first-order chi connectivity index (χ1) is 7.74. The molecule has 16 heavy (non-hydrogen) atoms. The van der Waals surface area contributed by atoms with Crippen molar-refractivity contribution in [2.45, 2.75) is 0 Å². The summed E-state index contributed by atoms with van der Waals surface area (Å²) in [4.78, 5) is 4.24. The Labute approximate surface area is 90.9 Å². The molecule has 0 unspecified atom stereocenters. The highest BCUT2D eigenvalue weighted by Crippen LogP contribution is 2.25. The third-order valence-electron chi connectivity index (χ3n) is 2.37. The van der Waals surface area contributed by atoms with Crippen molar-refractivity contribution in [1.82, 2.24) is 19.6 Å². The number of nitrogen functional groups attached to an aromatic ring is 2. The van der Waals surface area contributed by atoms with Crippen LogP contribution < -0.4 is 11.5 Å². The van der Waals surface area contributed by atoms with Gasteiger partial charge >= 0.3 is 0 Å². The number of nitrogens with one attached hydrogen (secondary N) is 1. The van der Waals surface area contributed by atoms with Crippen LogP contribution in [0.2, 0.25) is 0 Å². The number of anilines is 2. The first-order valence-corrected chi connectivity index (χ1v) is 4.78. The van der Waals surface area contributed by atoms with Gasteiger partial charge in [-0.15, -0.1) is 0 Å². The van der Waals surface area contributed by atoms with Gasteiger partial charge in [0.2, 0.25) is 0 Å². The smallest absolute Gasteiger partial charge is 0.148 e. The topological polar surface area (TPSA) is 98.0 Å². The van der Waals surface area contributed by atoms with E-state index in [1.807, 2.05) is 12.1 Å². The summed E-state index contributed by atoms with van der Waals surface area (Å²) in [6.45, 7) is 0. The molecule has 6 heteroatoms. The Kier molecular flexibility index (Phi) is 1.64. The molecular weight excluding hydrogens is 204 g/mol. The zero-order valence-corrected chi connectivity index (χ0v) is 8.38. The largest absolute Gasteiger partial charge is 0.398 e. The molecule has 0 radical (unpaired) electrons. The van der Waals surface area contributed by atoms with Gasteiger partial charge < -0.3 is 15.9 Å². The standard InChI is InChI=1S/C10H10N6/c11-6-3-7(8-1-2-13-15-8)10-14-9(12)5-16(10)4-6/h1-5H,11-12H2,(H,13,15). The predicted octanol–water partition coefficient (Wildman–Crippen LogP) is 0.889. The monoisotopic (exact) mass is 214 g/mol. The van der Waals surface area contributed by atoms with Crippen molar-refractivity contribution in [1.29, 1.82) is 0 Å². The van der Waals surface area contributed by atoms with Crippen molar-refractivity contribution in [2.24, 2.45) is 0 Å². The van der Waals surface area contributed by atoms with Crippen LogP contribution in [0.1, 0.15) is 0 Å². The van der Waals surface area contributed by atoms with Gasteiger partial charge in [0.1, 0.15) is 11.5 Å². The number of H-pyrrole nitrogens is 1. The minimum atomic E-state index is 0.461. The number of rotatable bonds is 1. The Morgan fingerprint density at radius 2 is 2.12 bits per heavy atom. The maximum atomic E-state index is 5.81. The number of aromatic amines is 1. The van der Waals surface area contributed by atoms with Crippen LogP contribution in [0.25, 0.3) is 16.9 Å². The molecule has 0 aliphatic rings. The molecule has 0 fully saturated rings. The summed E-state index contributed by atoms with van der Waals surface area (Å²) in [5.74, 6) is 0.461. The number of nitrogens with two attached hydrogens (primary N) is 2. The van der Waals surface area contributed by atoms with Crippen molar-refractivity contribution < 1.29 is 0 Å². The van der Waals surface area contributed by atoms with Crippen LogP contribution >= 0.6 is 0 Å². The lowest BCUT2D eigenvalue weighted by Crippen LogP contribution is -1.93. The number of imidazole rings is 1. The van der Waals surface area contributed by atoms with Crippen molar-refractivity contribution in [3.8, 4) is 11.3 Å². The third-order valence-corrected chi connectivity index (χ3v) is 2.37. The minimum Gasteiger partial charge on any atom is -0.398 e. The van der Waals surface area contributed by atoms with Crippen LogP contribution in [0.15, 0.2) is 30.7 Å². The fourth-order valence-corrected chi connectivity index (χ4v) is 1.74. The minimum absolute atomic E-state index is 0.461. The second kappa shape index (κ2) is 2.99. The average molecular weight is 214 g/mol. The molecule has 0 atom stereocenters. The summed E-state index contributed by atoms with van der Waals surface area (Å²) in [5, 5.41) is 6.87. The third kappa shape index (κ3) is 1.20. The van der Waals surface area contributed by atoms with Crippen LogP contribution in [0.3, 0.4) is 0 Å². The van der Waals surface area contributed by atoms with E-state index in [1.165, 1.54) is 0 Å². The van der Waals surface area contributed by atoms with Gasteiger partial charge in [-0.2, -0.15) is 5.10 Å². The number of fused-ring (bicyclic) bond motifs is 1. The Morgan fingerprint density at radius 1 is 1.25 bits per heavy atom. The van der Waals surface area contributed by atoms with E-state index in [0.717, 1.165) is 16.9 Å². The molecule has 3 heterocycles. The van der Waals surface area contributed by atoms with Gasteiger partial charge in [0.05, 0.1) is 11.9 Å². The highest BCUT2D eigenvalue weighted by atomic mass is 15.1. The van der Waals surface area contributed by atoms with Gasteiger partial charge in [-0.3, -0.25) is 5.10 Å². The highest BCUT2D eigenvalue weighted by molar-refractivity contribution is 5.78. The molecule has 3 aromatic rings. The maximum Gasteiger partial charge on any atom is 0.148 e. The van der Waals surface area contributed by atoms with Crippen molar-refractivity contribution >= 4 is 17.2 Å². The van der Waals surface area contributed by atoms with Gasteiger partial charge in [-0.1, -0.05) is 0 Å². The lowest BCUT2D eigenvalue weighted by atomic mass is 10.2. The summed E-state index contributed by atoms with van der Waals surface area (Å²) >= 11 is 0. The van der Waals surface area contributed by atoms with Gasteiger partial charge in [0.15, 0.2) is 0 Å². The molecule has 0 saturated carbocycles. The lowest BCUT2D eigenvalue weighted by molar-refractivity contribution is 1.09. The van der Waals surface area contributed by atoms with E-state index in [1.54, 1.807) is 23.0 Å². The SMILES string of the molecule is Nc1cc(-c2cc[nH]n2)c2nc(N)cn2c1. The molecule has 0 amide bonds. The number of nitrogens with zero attached hydrogens (tertiary/aromatic N) is 3. The van der Waals surface area contributed by atoms with E-state index in [4.69, 9.17) is 11.5 Å². The quantitative estimate of drug-likeness (QED) is 0.560. The van der Waals surface area contributed by atoms with E-state index in [-0.39, 0.29) is 0 Å². The fourth-order valence-electron chi connectivity index (χ4n) is 1.74. The Bertz CT molecular complexity index is 637. The first kappa shape index (κ1) is 8.78. The molecule has 3 rings (SSSR count). The molecule has 0 spiro atoms. The van der Waals surface area contributed by atoms with E-state index in [9.17, 15) is 0 Å². The zero-order valence-electron chi connectivity index (χ0n) is 8.38. The summed E-state index contributed by atoms with van der Waals surface area (Å²) in [5.41, 5.74) is 14.5. The summed E-state index contributed by atoms with van der Waals surface area (Å²) in [7, 11) is 0. The van der Waals surface area contributed by atoms with E-state index < -0.39 is 0 Å². The summed E-state index contributed by atoms with van der Waals surface area (Å²) < 4.78 is 1.80. The summed E-state index contributed by atoms with van der Waals surface area (Å²) in [6.07, 6.45) is 5.25. The number of hydrogen-bond acceptors (Lipinski definition) is 4. The lowest BCUT2D eigenvalue weighted by Gasteiger charge is -2.02. The molecule has 0 saturated heterocycles. The highest BCUT2D eigenvalue weighted by Gasteiger charge is 2.09. The Morgan fingerprint density at radius 3 is 2.88 bits per heavy atom. The van der Waals surface area contributed by atoms with Crippen LogP contribution in [0, 0.1) is 0 Å².